The first-order valence-electron chi connectivity index (χ1n) is 8.97. The number of rotatable bonds is 5. The van der Waals surface area contributed by atoms with Crippen LogP contribution in [0, 0.1) is 0 Å². The zero-order valence-electron chi connectivity index (χ0n) is 15.7. The van der Waals surface area contributed by atoms with E-state index in [4.69, 9.17) is 0 Å². The molecule has 2 aromatic heterocycles. The highest BCUT2D eigenvalue weighted by molar-refractivity contribution is 6.05. The van der Waals surface area contributed by atoms with E-state index in [1.165, 1.54) is 4.68 Å². The van der Waals surface area contributed by atoms with E-state index in [0.29, 0.717) is 17.2 Å². The Morgan fingerprint density at radius 3 is 2.50 bits per heavy atom. The van der Waals surface area contributed by atoms with Gasteiger partial charge in [0.1, 0.15) is 0 Å². The van der Waals surface area contributed by atoms with Crippen LogP contribution in [0.4, 0.5) is 0 Å². The van der Waals surface area contributed by atoms with E-state index in [9.17, 15) is 14.4 Å². The minimum Gasteiger partial charge on any atom is -0.273 e. The fraction of sp³-hybridized carbons (Fsp3) is 0.250. The Morgan fingerprint density at radius 2 is 1.82 bits per heavy atom. The number of carbonyl (C=O) groups excluding carboxylic acids is 2. The number of aromatic nitrogens is 3. The largest absolute Gasteiger partial charge is 0.290 e. The van der Waals surface area contributed by atoms with Gasteiger partial charge in [-0.3, -0.25) is 30.2 Å². The first kappa shape index (κ1) is 19.2. The van der Waals surface area contributed by atoms with Gasteiger partial charge in [-0.05, 0) is 38.0 Å². The molecule has 2 amide bonds. The summed E-state index contributed by atoms with van der Waals surface area (Å²) in [5.41, 5.74) is 5.52. The quantitative estimate of drug-likeness (QED) is 0.657. The molecule has 0 radical (unpaired) electrons. The number of amides is 2. The minimum atomic E-state index is -0.583. The summed E-state index contributed by atoms with van der Waals surface area (Å²) in [4.78, 5) is 41.2. The Morgan fingerprint density at radius 1 is 1.07 bits per heavy atom. The molecule has 1 aromatic carbocycles. The molecule has 0 saturated heterocycles. The summed E-state index contributed by atoms with van der Waals surface area (Å²) in [6.07, 6.45) is 4.06. The number of benzene rings is 1. The third-order valence-corrected chi connectivity index (χ3v) is 4.21. The highest BCUT2D eigenvalue weighted by atomic mass is 16.2. The summed E-state index contributed by atoms with van der Waals surface area (Å²) >= 11 is 0. The van der Waals surface area contributed by atoms with Gasteiger partial charge in [0.25, 0.3) is 11.5 Å². The van der Waals surface area contributed by atoms with Gasteiger partial charge in [0, 0.05) is 24.2 Å². The molecule has 3 aromatic rings. The lowest BCUT2D eigenvalue weighted by atomic mass is 10.1. The maximum absolute atomic E-state index is 12.6. The molecule has 0 spiro atoms. The van der Waals surface area contributed by atoms with Crippen LogP contribution in [0.15, 0.2) is 53.6 Å². The van der Waals surface area contributed by atoms with Crippen LogP contribution in [-0.2, 0) is 11.2 Å². The van der Waals surface area contributed by atoms with Crippen LogP contribution < -0.4 is 16.4 Å². The molecular formula is C20H21N5O3. The van der Waals surface area contributed by atoms with Gasteiger partial charge in [-0.1, -0.05) is 24.3 Å². The van der Waals surface area contributed by atoms with Crippen LogP contribution in [0.25, 0.3) is 10.8 Å². The molecule has 28 heavy (non-hydrogen) atoms. The third-order valence-electron chi connectivity index (χ3n) is 4.21. The smallest absolute Gasteiger partial charge is 0.273 e. The second-order valence-electron chi connectivity index (χ2n) is 6.60. The van der Waals surface area contributed by atoms with Crippen LogP contribution in [0.2, 0.25) is 0 Å². The Labute approximate surface area is 161 Å². The second-order valence-corrected chi connectivity index (χ2v) is 6.60. The molecule has 0 fully saturated rings. The van der Waals surface area contributed by atoms with Crippen molar-refractivity contribution >= 4 is 22.6 Å². The number of hydrogen-bond donors (Lipinski definition) is 2. The number of nitrogens with zero attached hydrogens (tertiary/aromatic N) is 3. The molecule has 0 bridgehead atoms. The van der Waals surface area contributed by atoms with Gasteiger partial charge >= 0.3 is 0 Å². The van der Waals surface area contributed by atoms with Gasteiger partial charge in [-0.2, -0.15) is 5.10 Å². The molecule has 2 N–H and O–H groups in total. The molecular weight excluding hydrogens is 358 g/mol. The summed E-state index contributed by atoms with van der Waals surface area (Å²) in [7, 11) is 0. The number of aryl methyl sites for hydroxylation is 1. The van der Waals surface area contributed by atoms with E-state index in [1.54, 1.807) is 42.7 Å². The van der Waals surface area contributed by atoms with Crippen molar-refractivity contribution in [1.82, 2.24) is 25.6 Å². The zero-order chi connectivity index (χ0) is 20.1. The standard InChI is InChI=1S/C20H21N5O3/c1-13(2)25-20(28)16-8-4-3-7-15(16)18(24-25)19(27)23-22-17(26)10-9-14-6-5-11-21-12-14/h3-8,11-13H,9-10H2,1-2H3,(H,22,26)(H,23,27). The molecule has 8 nitrogen and oxygen atoms in total. The van der Waals surface area contributed by atoms with Gasteiger partial charge in [0.15, 0.2) is 5.69 Å². The third kappa shape index (κ3) is 4.22. The Kier molecular flexibility index (Phi) is 5.78. The molecule has 2 heterocycles. The van der Waals surface area contributed by atoms with Crippen molar-refractivity contribution in [1.29, 1.82) is 0 Å². The van der Waals surface area contributed by atoms with Gasteiger partial charge in [-0.15, -0.1) is 0 Å². The van der Waals surface area contributed by atoms with Crippen LogP contribution in [0.3, 0.4) is 0 Å². The van der Waals surface area contributed by atoms with E-state index in [2.05, 4.69) is 20.9 Å². The fourth-order valence-electron chi connectivity index (χ4n) is 2.78. The molecule has 0 aliphatic carbocycles. The first-order valence-corrected chi connectivity index (χ1v) is 8.97. The summed E-state index contributed by atoms with van der Waals surface area (Å²) in [6, 6.07) is 10.2. The highest BCUT2D eigenvalue weighted by Gasteiger charge is 2.18. The molecule has 144 valence electrons. The molecule has 0 aliphatic rings. The number of pyridine rings is 1. The molecule has 0 atom stereocenters. The van der Waals surface area contributed by atoms with Gasteiger partial charge in [0.05, 0.1) is 11.4 Å². The normalized spacial score (nSPS) is 10.8. The number of hydrogen-bond acceptors (Lipinski definition) is 5. The predicted molar refractivity (Wildman–Crippen MR) is 105 cm³/mol. The maximum atomic E-state index is 12.6. The number of hydrazine groups is 1. The maximum Gasteiger partial charge on any atom is 0.290 e. The lowest BCUT2D eigenvalue weighted by Gasteiger charge is -2.13. The van der Waals surface area contributed by atoms with Crippen molar-refractivity contribution in [2.75, 3.05) is 0 Å². The van der Waals surface area contributed by atoms with Gasteiger partial charge in [0.2, 0.25) is 5.91 Å². The summed E-state index contributed by atoms with van der Waals surface area (Å²) < 4.78 is 1.27. The number of carbonyl (C=O) groups is 2. The zero-order valence-corrected chi connectivity index (χ0v) is 15.7. The van der Waals surface area contributed by atoms with Gasteiger partial charge < -0.3 is 0 Å². The van der Waals surface area contributed by atoms with Crippen LogP contribution in [0.5, 0.6) is 0 Å². The molecule has 0 saturated carbocycles. The second kappa shape index (κ2) is 8.43. The summed E-state index contributed by atoms with van der Waals surface area (Å²) in [6.45, 7) is 3.62. The van der Waals surface area contributed by atoms with Crippen LogP contribution >= 0.6 is 0 Å². The van der Waals surface area contributed by atoms with Crippen molar-refractivity contribution in [3.8, 4) is 0 Å². The molecule has 0 unspecified atom stereocenters. The number of nitrogens with one attached hydrogen (secondary N) is 2. The van der Waals surface area contributed by atoms with Crippen LogP contribution in [-0.4, -0.2) is 26.6 Å². The number of fused-ring (bicyclic) bond motifs is 1. The van der Waals surface area contributed by atoms with E-state index >= 15 is 0 Å². The fourth-order valence-corrected chi connectivity index (χ4v) is 2.78. The molecule has 8 heteroatoms. The molecule has 3 rings (SSSR count). The Bertz CT molecular complexity index is 1060. The molecule has 0 aliphatic heterocycles. The van der Waals surface area contributed by atoms with E-state index in [0.717, 1.165) is 5.56 Å². The average Bonchev–Trinajstić information content (AvgIpc) is 2.71. The lowest BCUT2D eigenvalue weighted by Crippen LogP contribution is -2.43. The van der Waals surface area contributed by atoms with Crippen molar-refractivity contribution in [3.63, 3.8) is 0 Å². The monoisotopic (exact) mass is 379 g/mol. The highest BCUT2D eigenvalue weighted by Crippen LogP contribution is 2.14. The van der Waals surface area contributed by atoms with E-state index in [-0.39, 0.29) is 29.6 Å². The van der Waals surface area contributed by atoms with Gasteiger partial charge in [-0.25, -0.2) is 4.68 Å². The summed E-state index contributed by atoms with van der Waals surface area (Å²) in [5, 5.41) is 5.04. The average molecular weight is 379 g/mol. The van der Waals surface area contributed by atoms with Crippen molar-refractivity contribution < 1.29 is 9.59 Å². The predicted octanol–water partition coefficient (Wildman–Crippen LogP) is 1.77. The Balaban J connectivity index is 1.73. The van der Waals surface area contributed by atoms with Crippen molar-refractivity contribution in [2.45, 2.75) is 32.7 Å². The van der Waals surface area contributed by atoms with Crippen LogP contribution in [0.1, 0.15) is 42.4 Å². The lowest BCUT2D eigenvalue weighted by molar-refractivity contribution is -0.121. The SMILES string of the molecule is CC(C)n1nc(C(=O)NNC(=O)CCc2cccnc2)c2ccccc2c1=O. The minimum absolute atomic E-state index is 0.0801. The Hall–Kier alpha value is -3.55. The van der Waals surface area contributed by atoms with E-state index < -0.39 is 5.91 Å². The van der Waals surface area contributed by atoms with Crippen molar-refractivity contribution in [3.05, 3.63) is 70.4 Å². The summed E-state index contributed by atoms with van der Waals surface area (Å²) in [5.74, 6) is -0.918. The topological polar surface area (TPSA) is 106 Å². The van der Waals surface area contributed by atoms with Crippen molar-refractivity contribution in [2.24, 2.45) is 0 Å². The first-order chi connectivity index (χ1) is 13.5. The van der Waals surface area contributed by atoms with E-state index in [1.807, 2.05) is 19.9 Å².